The van der Waals surface area contributed by atoms with Crippen LogP contribution in [-0.4, -0.2) is 46.3 Å². The van der Waals surface area contributed by atoms with Gasteiger partial charge in [-0.3, -0.25) is 9.89 Å². The third kappa shape index (κ3) is 1.92. The minimum atomic E-state index is -0.689. The van der Waals surface area contributed by atoms with E-state index in [4.69, 9.17) is 4.74 Å². The number of nitrogens with one attached hydrogen (secondary N) is 1. The Kier molecular flexibility index (Phi) is 3.00. The average molecular weight is 251 g/mol. The Morgan fingerprint density at radius 1 is 1.56 bits per heavy atom. The first-order valence-electron chi connectivity index (χ1n) is 5.36. The first kappa shape index (κ1) is 12.1. The zero-order valence-corrected chi connectivity index (χ0v) is 10.3. The number of aromatic amines is 1. The molecule has 0 spiro atoms. The Bertz CT molecular complexity index is 642. The molecule has 0 saturated carbocycles. The number of ether oxygens (including phenoxy) is 1. The van der Waals surface area contributed by atoms with Crippen molar-refractivity contribution in [2.24, 2.45) is 0 Å². The van der Waals surface area contributed by atoms with Crippen molar-refractivity contribution in [1.82, 2.24) is 19.6 Å². The molecule has 2 heterocycles. The fourth-order valence-corrected chi connectivity index (χ4v) is 1.39. The van der Waals surface area contributed by atoms with E-state index in [1.807, 2.05) is 0 Å². The largest absolute Gasteiger partial charge is 0.462 e. The van der Waals surface area contributed by atoms with Crippen LogP contribution in [-0.2, 0) is 4.74 Å². The quantitative estimate of drug-likeness (QED) is 0.750. The molecule has 0 aliphatic rings. The van der Waals surface area contributed by atoms with Crippen LogP contribution < -0.4 is 10.5 Å². The molecule has 2 aromatic rings. The van der Waals surface area contributed by atoms with E-state index in [0.717, 1.165) is 4.52 Å². The van der Waals surface area contributed by atoms with Crippen LogP contribution in [0.1, 0.15) is 17.3 Å². The maximum absolute atomic E-state index is 12.0. The third-order valence-electron chi connectivity index (χ3n) is 2.28. The summed E-state index contributed by atoms with van der Waals surface area (Å²) >= 11 is 0. The molecule has 0 atom stereocenters. The summed E-state index contributed by atoms with van der Waals surface area (Å²) in [4.78, 5) is 33.3. The minimum absolute atomic E-state index is 0.122. The molecular weight excluding hydrogens is 238 g/mol. The molecule has 18 heavy (non-hydrogen) atoms. The van der Waals surface area contributed by atoms with Gasteiger partial charge in [0.25, 0.3) is 11.3 Å². The Labute approximate surface area is 102 Å². The van der Waals surface area contributed by atoms with Crippen molar-refractivity contribution in [2.75, 3.05) is 25.6 Å². The summed E-state index contributed by atoms with van der Waals surface area (Å²) in [5, 5.41) is 2.75. The van der Waals surface area contributed by atoms with Gasteiger partial charge in [-0.05, 0) is 6.92 Å². The predicted octanol–water partition coefficient (Wildman–Crippen LogP) is -0.340. The van der Waals surface area contributed by atoms with E-state index in [0.29, 0.717) is 5.95 Å². The van der Waals surface area contributed by atoms with E-state index in [1.165, 1.54) is 6.20 Å². The molecular formula is C10H13N5O3. The molecule has 1 N–H and O–H groups in total. The summed E-state index contributed by atoms with van der Waals surface area (Å²) in [6.45, 7) is 1.87. The molecule has 2 rings (SSSR count). The fraction of sp³-hybridized carbons (Fsp3) is 0.400. The number of hydrogen-bond donors (Lipinski definition) is 1. The highest BCUT2D eigenvalue weighted by Crippen LogP contribution is 2.04. The zero-order valence-electron chi connectivity index (χ0n) is 10.3. The van der Waals surface area contributed by atoms with E-state index in [2.05, 4.69) is 15.1 Å². The molecule has 0 saturated heterocycles. The lowest BCUT2D eigenvalue weighted by Gasteiger charge is -2.04. The van der Waals surface area contributed by atoms with E-state index < -0.39 is 11.5 Å². The van der Waals surface area contributed by atoms with Crippen LogP contribution >= 0.6 is 0 Å². The molecule has 0 aliphatic carbocycles. The smallest absolute Gasteiger partial charge is 0.345 e. The monoisotopic (exact) mass is 251 g/mol. The summed E-state index contributed by atoms with van der Waals surface area (Å²) in [5.74, 6) is -0.0113. The maximum atomic E-state index is 12.0. The first-order valence-corrected chi connectivity index (χ1v) is 5.36. The number of carbonyl (C=O) groups excluding carboxylic acids is 1. The second-order valence-corrected chi connectivity index (χ2v) is 3.77. The lowest BCUT2D eigenvalue weighted by molar-refractivity contribution is 0.0523. The molecule has 8 nitrogen and oxygen atoms in total. The lowest BCUT2D eigenvalue weighted by Crippen LogP contribution is -2.24. The third-order valence-corrected chi connectivity index (χ3v) is 2.28. The number of H-pyrrole nitrogens is 1. The molecule has 0 aromatic carbocycles. The van der Waals surface area contributed by atoms with Crippen LogP contribution in [0.25, 0.3) is 5.78 Å². The second-order valence-electron chi connectivity index (χ2n) is 3.77. The van der Waals surface area contributed by atoms with Gasteiger partial charge >= 0.3 is 5.97 Å². The summed E-state index contributed by atoms with van der Waals surface area (Å²) in [5.41, 5.74) is -0.651. The Hall–Kier alpha value is -2.38. The molecule has 96 valence electrons. The molecule has 2 aromatic heterocycles. The Morgan fingerprint density at radius 2 is 2.28 bits per heavy atom. The number of aromatic nitrogens is 4. The summed E-state index contributed by atoms with van der Waals surface area (Å²) in [7, 11) is 3.55. The standard InChI is InChI=1S/C10H13N5O3/c1-4-18-8(17)6-5-11-9-12-10(14(2)3)13-15(9)7(6)16/h5H,4H2,1-3H3,(H,11,12,13). The number of esters is 1. The number of nitrogens with zero attached hydrogens (tertiary/aromatic N) is 4. The van der Waals surface area contributed by atoms with Crippen molar-refractivity contribution in [1.29, 1.82) is 0 Å². The van der Waals surface area contributed by atoms with Crippen molar-refractivity contribution in [3.05, 3.63) is 22.1 Å². The highest BCUT2D eigenvalue weighted by Gasteiger charge is 2.16. The molecule has 8 heteroatoms. The number of carbonyl (C=O) groups is 1. The Morgan fingerprint density at radius 3 is 2.89 bits per heavy atom. The number of fused-ring (bicyclic) bond motifs is 1. The van der Waals surface area contributed by atoms with Crippen LogP contribution in [0.15, 0.2) is 11.0 Å². The van der Waals surface area contributed by atoms with E-state index >= 15 is 0 Å². The topological polar surface area (TPSA) is 92.6 Å². The van der Waals surface area contributed by atoms with E-state index in [1.54, 1.807) is 25.9 Å². The average Bonchev–Trinajstić information content (AvgIpc) is 2.74. The van der Waals surface area contributed by atoms with Gasteiger partial charge < -0.3 is 9.64 Å². The van der Waals surface area contributed by atoms with Gasteiger partial charge in [-0.2, -0.15) is 9.50 Å². The van der Waals surface area contributed by atoms with E-state index in [-0.39, 0.29) is 17.9 Å². The van der Waals surface area contributed by atoms with Crippen LogP contribution in [0.3, 0.4) is 0 Å². The van der Waals surface area contributed by atoms with Gasteiger partial charge in [0.2, 0.25) is 5.95 Å². The highest BCUT2D eigenvalue weighted by molar-refractivity contribution is 5.88. The number of hydrogen-bond acceptors (Lipinski definition) is 6. The fourth-order valence-electron chi connectivity index (χ4n) is 1.39. The van der Waals surface area contributed by atoms with Crippen molar-refractivity contribution in [3.63, 3.8) is 0 Å². The Balaban J connectivity index is 2.57. The summed E-state index contributed by atoms with van der Waals surface area (Å²) in [6, 6.07) is 0. The molecule has 0 fully saturated rings. The van der Waals surface area contributed by atoms with Crippen molar-refractivity contribution in [3.8, 4) is 0 Å². The summed E-state index contributed by atoms with van der Waals surface area (Å²) < 4.78 is 5.89. The van der Waals surface area contributed by atoms with E-state index in [9.17, 15) is 9.59 Å². The van der Waals surface area contributed by atoms with Gasteiger partial charge in [-0.25, -0.2) is 9.78 Å². The van der Waals surface area contributed by atoms with Gasteiger partial charge in [0.05, 0.1) is 12.8 Å². The molecule has 0 unspecified atom stereocenters. The maximum Gasteiger partial charge on any atom is 0.345 e. The molecule has 0 bridgehead atoms. The molecule has 0 aliphatic heterocycles. The van der Waals surface area contributed by atoms with Gasteiger partial charge in [-0.1, -0.05) is 0 Å². The van der Waals surface area contributed by atoms with Gasteiger partial charge in [0, 0.05) is 14.1 Å². The van der Waals surface area contributed by atoms with Gasteiger partial charge in [0.15, 0.2) is 0 Å². The normalized spacial score (nSPS) is 10.6. The number of rotatable bonds is 3. The molecule has 0 radical (unpaired) electrons. The predicted molar refractivity (Wildman–Crippen MR) is 63.9 cm³/mol. The summed E-state index contributed by atoms with van der Waals surface area (Å²) in [6.07, 6.45) is 1.18. The second kappa shape index (κ2) is 4.47. The minimum Gasteiger partial charge on any atom is -0.462 e. The van der Waals surface area contributed by atoms with Crippen molar-refractivity contribution in [2.45, 2.75) is 6.92 Å². The lowest BCUT2D eigenvalue weighted by atomic mass is 10.3. The van der Waals surface area contributed by atoms with Crippen LogP contribution in [0.4, 0.5) is 5.95 Å². The molecule has 0 amide bonds. The van der Waals surface area contributed by atoms with Crippen LogP contribution in [0.2, 0.25) is 0 Å². The van der Waals surface area contributed by atoms with Crippen LogP contribution in [0, 0.1) is 0 Å². The van der Waals surface area contributed by atoms with Crippen LogP contribution in [0.5, 0.6) is 0 Å². The zero-order chi connectivity index (χ0) is 13.3. The number of anilines is 1. The first-order chi connectivity index (χ1) is 8.54. The van der Waals surface area contributed by atoms with Gasteiger partial charge in [-0.15, -0.1) is 0 Å². The van der Waals surface area contributed by atoms with Crippen molar-refractivity contribution < 1.29 is 9.53 Å². The highest BCUT2D eigenvalue weighted by atomic mass is 16.5. The van der Waals surface area contributed by atoms with Gasteiger partial charge in [0.1, 0.15) is 5.56 Å². The van der Waals surface area contributed by atoms with Crippen molar-refractivity contribution >= 4 is 17.7 Å². The SMILES string of the molecule is CCOC(=O)c1cnc2nc(N(C)C)[nH]n2c1=O.